The summed E-state index contributed by atoms with van der Waals surface area (Å²) in [5.74, 6) is 0. The lowest BCUT2D eigenvalue weighted by atomic mass is 10.3. The zero-order valence-corrected chi connectivity index (χ0v) is 8.88. The first kappa shape index (κ1) is 9.14. The van der Waals surface area contributed by atoms with Crippen LogP contribution in [0.5, 0.6) is 0 Å². The van der Waals surface area contributed by atoms with Crippen molar-refractivity contribution >= 4 is 12.2 Å². The highest BCUT2D eigenvalue weighted by molar-refractivity contribution is 7.71. The largest absolute Gasteiger partial charge is 0.273 e. The molecule has 1 N–H and O–H groups in total. The molecule has 0 spiro atoms. The third-order valence-corrected chi connectivity index (χ3v) is 2.32. The number of aromatic nitrogens is 5. The van der Waals surface area contributed by atoms with Gasteiger partial charge in [-0.25, -0.2) is 0 Å². The fourth-order valence-electron chi connectivity index (χ4n) is 1.39. The van der Waals surface area contributed by atoms with Gasteiger partial charge < -0.3 is 0 Å². The van der Waals surface area contributed by atoms with E-state index in [2.05, 4.69) is 22.2 Å². The van der Waals surface area contributed by atoms with E-state index in [0.717, 1.165) is 17.8 Å². The van der Waals surface area contributed by atoms with E-state index in [1.807, 2.05) is 17.8 Å². The van der Waals surface area contributed by atoms with Gasteiger partial charge in [-0.1, -0.05) is 6.92 Å². The van der Waals surface area contributed by atoms with E-state index in [0.29, 0.717) is 4.77 Å². The molecule has 5 nitrogen and oxygen atoms in total. The maximum absolute atomic E-state index is 5.09. The highest BCUT2D eigenvalue weighted by atomic mass is 32.1. The monoisotopic (exact) mass is 209 g/mol. The van der Waals surface area contributed by atoms with Gasteiger partial charge in [0.25, 0.3) is 0 Å². The molecule has 0 bridgehead atoms. The summed E-state index contributed by atoms with van der Waals surface area (Å²) in [6.07, 6.45) is 4.48. The molecule has 0 aliphatic rings. The maximum Gasteiger partial charge on any atom is 0.199 e. The Morgan fingerprint density at radius 3 is 2.93 bits per heavy atom. The van der Waals surface area contributed by atoms with E-state index in [-0.39, 0.29) is 0 Å². The summed E-state index contributed by atoms with van der Waals surface area (Å²) in [6, 6.07) is 0. The summed E-state index contributed by atoms with van der Waals surface area (Å²) in [5, 5.41) is 10.9. The lowest BCUT2D eigenvalue weighted by Crippen LogP contribution is -1.95. The summed E-state index contributed by atoms with van der Waals surface area (Å²) in [4.78, 5) is 0. The second-order valence-corrected chi connectivity index (χ2v) is 3.41. The van der Waals surface area contributed by atoms with Crippen LogP contribution >= 0.6 is 12.2 Å². The van der Waals surface area contributed by atoms with Gasteiger partial charge in [-0.15, -0.1) is 0 Å². The quantitative estimate of drug-likeness (QED) is 0.757. The van der Waals surface area contributed by atoms with E-state index in [1.165, 1.54) is 0 Å². The number of aryl methyl sites for hydroxylation is 2. The average molecular weight is 209 g/mol. The third-order valence-electron chi connectivity index (χ3n) is 2.03. The van der Waals surface area contributed by atoms with Gasteiger partial charge in [0.1, 0.15) is 6.33 Å². The molecular weight excluding hydrogens is 198 g/mol. The van der Waals surface area contributed by atoms with Crippen molar-refractivity contribution in [3.05, 3.63) is 23.0 Å². The lowest BCUT2D eigenvalue weighted by molar-refractivity contribution is 0.746. The summed E-state index contributed by atoms with van der Waals surface area (Å²) >= 11 is 5.09. The van der Waals surface area contributed by atoms with Gasteiger partial charge in [0.2, 0.25) is 0 Å². The Balaban J connectivity index is 2.61. The molecule has 0 aliphatic heterocycles. The van der Waals surface area contributed by atoms with Crippen LogP contribution in [-0.4, -0.2) is 24.5 Å². The Kier molecular flexibility index (Phi) is 2.20. The van der Waals surface area contributed by atoms with Gasteiger partial charge in [0, 0.05) is 13.2 Å². The second-order valence-electron chi connectivity index (χ2n) is 3.02. The SMILES string of the molecule is CCc1nn(C)cc1-n1cn[nH]c1=S. The third kappa shape index (κ3) is 1.37. The average Bonchev–Trinajstić information content (AvgIpc) is 2.71. The van der Waals surface area contributed by atoms with Crippen LogP contribution in [-0.2, 0) is 13.5 Å². The van der Waals surface area contributed by atoms with Crippen LogP contribution in [0.3, 0.4) is 0 Å². The van der Waals surface area contributed by atoms with Gasteiger partial charge in [-0.05, 0) is 18.6 Å². The van der Waals surface area contributed by atoms with E-state index in [4.69, 9.17) is 12.2 Å². The molecule has 14 heavy (non-hydrogen) atoms. The Morgan fingerprint density at radius 2 is 2.36 bits per heavy atom. The summed E-state index contributed by atoms with van der Waals surface area (Å²) < 4.78 is 4.19. The van der Waals surface area contributed by atoms with Crippen LogP contribution in [0.1, 0.15) is 12.6 Å². The molecule has 74 valence electrons. The number of nitrogens with one attached hydrogen (secondary N) is 1. The molecule has 2 heterocycles. The summed E-state index contributed by atoms with van der Waals surface area (Å²) in [5.41, 5.74) is 2.01. The molecule has 0 saturated carbocycles. The molecule has 6 heteroatoms. The zero-order valence-electron chi connectivity index (χ0n) is 8.06. The standard InChI is InChI=1S/C8H11N5S/c1-3-6-7(4-12(2)11-6)13-5-9-10-8(13)14/h4-5H,3H2,1-2H3,(H,10,14). The van der Waals surface area contributed by atoms with E-state index in [9.17, 15) is 0 Å². The highest BCUT2D eigenvalue weighted by Gasteiger charge is 2.08. The number of aromatic amines is 1. The highest BCUT2D eigenvalue weighted by Crippen LogP contribution is 2.12. The molecule has 0 atom stereocenters. The Hall–Kier alpha value is -1.43. The van der Waals surface area contributed by atoms with Gasteiger partial charge >= 0.3 is 0 Å². The van der Waals surface area contributed by atoms with E-state index in [1.54, 1.807) is 11.0 Å². The normalized spacial score (nSPS) is 10.7. The second kappa shape index (κ2) is 3.38. The van der Waals surface area contributed by atoms with Crippen LogP contribution in [0.15, 0.2) is 12.5 Å². The number of nitrogens with zero attached hydrogens (tertiary/aromatic N) is 4. The first-order valence-electron chi connectivity index (χ1n) is 4.37. The van der Waals surface area contributed by atoms with Crippen LogP contribution in [0.25, 0.3) is 5.69 Å². The molecule has 0 amide bonds. The number of hydrogen-bond acceptors (Lipinski definition) is 3. The predicted molar refractivity (Wildman–Crippen MR) is 54.9 cm³/mol. The van der Waals surface area contributed by atoms with Crippen molar-refractivity contribution in [2.45, 2.75) is 13.3 Å². The maximum atomic E-state index is 5.09. The topological polar surface area (TPSA) is 51.4 Å². The summed E-state index contributed by atoms with van der Waals surface area (Å²) in [6.45, 7) is 2.07. The molecule has 0 unspecified atom stereocenters. The van der Waals surface area contributed by atoms with Gasteiger partial charge in [-0.2, -0.15) is 10.2 Å². The predicted octanol–water partition coefficient (Wildman–Crippen LogP) is 1.23. The molecule has 0 aromatic carbocycles. The fraction of sp³-hybridized carbons (Fsp3) is 0.375. The zero-order chi connectivity index (χ0) is 10.1. The van der Waals surface area contributed by atoms with E-state index >= 15 is 0 Å². The molecule has 0 aliphatic carbocycles. The van der Waals surface area contributed by atoms with Crippen LogP contribution in [0.4, 0.5) is 0 Å². The minimum Gasteiger partial charge on any atom is -0.273 e. The molecule has 2 rings (SSSR count). The smallest absolute Gasteiger partial charge is 0.199 e. The Labute approximate surface area is 86.4 Å². The minimum absolute atomic E-state index is 0.590. The van der Waals surface area contributed by atoms with Gasteiger partial charge in [-0.3, -0.25) is 14.3 Å². The fourth-order valence-corrected chi connectivity index (χ4v) is 1.59. The van der Waals surface area contributed by atoms with Crippen molar-refractivity contribution in [3.8, 4) is 5.69 Å². The van der Waals surface area contributed by atoms with Crippen LogP contribution < -0.4 is 0 Å². The molecule has 0 saturated heterocycles. The number of rotatable bonds is 2. The molecule has 0 radical (unpaired) electrons. The van der Waals surface area contributed by atoms with Crippen LogP contribution in [0.2, 0.25) is 0 Å². The van der Waals surface area contributed by atoms with Crippen molar-refractivity contribution in [3.63, 3.8) is 0 Å². The first-order valence-corrected chi connectivity index (χ1v) is 4.78. The van der Waals surface area contributed by atoms with Crippen molar-refractivity contribution < 1.29 is 0 Å². The van der Waals surface area contributed by atoms with Crippen molar-refractivity contribution in [2.75, 3.05) is 0 Å². The van der Waals surface area contributed by atoms with E-state index < -0.39 is 0 Å². The van der Waals surface area contributed by atoms with Crippen molar-refractivity contribution in [1.82, 2.24) is 24.5 Å². The molecular formula is C8H11N5S. The first-order chi connectivity index (χ1) is 6.72. The number of H-pyrrole nitrogens is 1. The lowest BCUT2D eigenvalue weighted by Gasteiger charge is -1.97. The summed E-state index contributed by atoms with van der Waals surface area (Å²) in [7, 11) is 1.90. The van der Waals surface area contributed by atoms with Gasteiger partial charge in [0.05, 0.1) is 11.4 Å². The number of hydrogen-bond donors (Lipinski definition) is 1. The van der Waals surface area contributed by atoms with Crippen molar-refractivity contribution in [2.24, 2.45) is 7.05 Å². The minimum atomic E-state index is 0.590. The Bertz CT molecular complexity index is 492. The Morgan fingerprint density at radius 1 is 1.57 bits per heavy atom. The van der Waals surface area contributed by atoms with Crippen LogP contribution in [0, 0.1) is 4.77 Å². The van der Waals surface area contributed by atoms with Gasteiger partial charge in [0.15, 0.2) is 4.77 Å². The van der Waals surface area contributed by atoms with Crippen molar-refractivity contribution in [1.29, 1.82) is 0 Å². The molecule has 2 aromatic heterocycles. The molecule has 2 aromatic rings. The molecule has 0 fully saturated rings.